The average molecular weight is 218 g/mol. The molecule has 1 heteroatoms. The minimum Gasteiger partial charge on any atom is -0.390 e. The lowest BCUT2D eigenvalue weighted by Gasteiger charge is -2.30. The second-order valence-corrected chi connectivity index (χ2v) is 5.67. The van der Waals surface area contributed by atoms with Gasteiger partial charge in [-0.15, -0.1) is 0 Å². The van der Waals surface area contributed by atoms with Crippen LogP contribution in [0.2, 0.25) is 0 Å². The fraction of sp³-hybridized carbons (Fsp3) is 0.600. The highest BCUT2D eigenvalue weighted by Gasteiger charge is 2.51. The van der Waals surface area contributed by atoms with Crippen molar-refractivity contribution >= 4 is 0 Å². The Kier molecular flexibility index (Phi) is 3.07. The molecule has 0 aliphatic heterocycles. The van der Waals surface area contributed by atoms with Crippen molar-refractivity contribution < 1.29 is 5.11 Å². The molecule has 0 bridgehead atoms. The van der Waals surface area contributed by atoms with Crippen LogP contribution in [0.15, 0.2) is 30.3 Å². The van der Waals surface area contributed by atoms with Gasteiger partial charge in [0.05, 0.1) is 5.60 Å². The molecule has 16 heavy (non-hydrogen) atoms. The summed E-state index contributed by atoms with van der Waals surface area (Å²) in [5.74, 6) is 0. The number of aryl methyl sites for hydroxylation is 1. The quantitative estimate of drug-likeness (QED) is 0.801. The van der Waals surface area contributed by atoms with Crippen molar-refractivity contribution in [3.8, 4) is 0 Å². The summed E-state index contributed by atoms with van der Waals surface area (Å²) in [6, 6.07) is 10.5. The van der Waals surface area contributed by atoms with Gasteiger partial charge in [-0.25, -0.2) is 0 Å². The van der Waals surface area contributed by atoms with Gasteiger partial charge < -0.3 is 5.11 Å². The highest BCUT2D eigenvalue weighted by Crippen LogP contribution is 2.55. The normalized spacial score (nSPS) is 21.4. The van der Waals surface area contributed by atoms with Crippen LogP contribution in [-0.2, 0) is 6.42 Å². The summed E-state index contributed by atoms with van der Waals surface area (Å²) in [6.45, 7) is 4.21. The predicted octanol–water partition coefficient (Wildman–Crippen LogP) is 3.56. The first-order chi connectivity index (χ1) is 7.54. The summed E-state index contributed by atoms with van der Waals surface area (Å²) in [5, 5.41) is 10.4. The minimum absolute atomic E-state index is 0.198. The second kappa shape index (κ2) is 4.21. The summed E-state index contributed by atoms with van der Waals surface area (Å²) in [4.78, 5) is 0. The zero-order chi connectivity index (χ0) is 11.6. The molecule has 0 radical (unpaired) electrons. The van der Waals surface area contributed by atoms with Crippen LogP contribution in [0.5, 0.6) is 0 Å². The van der Waals surface area contributed by atoms with E-state index < -0.39 is 5.60 Å². The molecule has 0 heterocycles. The van der Waals surface area contributed by atoms with Crippen molar-refractivity contribution in [3.05, 3.63) is 35.9 Å². The van der Waals surface area contributed by atoms with Gasteiger partial charge in [0, 0.05) is 0 Å². The van der Waals surface area contributed by atoms with Gasteiger partial charge >= 0.3 is 0 Å². The first kappa shape index (κ1) is 11.7. The summed E-state index contributed by atoms with van der Waals surface area (Å²) in [7, 11) is 0. The third-order valence-corrected chi connectivity index (χ3v) is 4.27. The van der Waals surface area contributed by atoms with Gasteiger partial charge in [0.15, 0.2) is 0 Å². The number of rotatable bonds is 5. The molecule has 1 unspecified atom stereocenters. The molecule has 0 saturated heterocycles. The highest BCUT2D eigenvalue weighted by atomic mass is 16.3. The van der Waals surface area contributed by atoms with Crippen molar-refractivity contribution in [1.82, 2.24) is 0 Å². The average Bonchev–Trinajstić information content (AvgIpc) is 3.00. The van der Waals surface area contributed by atoms with Gasteiger partial charge in [0.25, 0.3) is 0 Å². The zero-order valence-electron chi connectivity index (χ0n) is 10.4. The molecule has 0 aromatic heterocycles. The molecule has 1 aromatic rings. The van der Waals surface area contributed by atoms with E-state index in [2.05, 4.69) is 31.2 Å². The Labute approximate surface area is 98.5 Å². The molecule has 2 rings (SSSR count). The maximum atomic E-state index is 10.4. The van der Waals surface area contributed by atoms with Crippen molar-refractivity contribution in [2.45, 2.75) is 51.6 Å². The van der Waals surface area contributed by atoms with Gasteiger partial charge in [-0.3, -0.25) is 0 Å². The van der Waals surface area contributed by atoms with Crippen LogP contribution in [0.1, 0.15) is 45.1 Å². The summed E-state index contributed by atoms with van der Waals surface area (Å²) in [5.41, 5.74) is 1.10. The van der Waals surface area contributed by atoms with Gasteiger partial charge in [0.1, 0.15) is 0 Å². The Morgan fingerprint density at radius 3 is 2.44 bits per heavy atom. The van der Waals surface area contributed by atoms with Crippen molar-refractivity contribution in [1.29, 1.82) is 0 Å². The van der Waals surface area contributed by atoms with Gasteiger partial charge in [-0.1, -0.05) is 37.3 Å². The third-order valence-electron chi connectivity index (χ3n) is 4.27. The topological polar surface area (TPSA) is 20.2 Å². The maximum absolute atomic E-state index is 10.4. The zero-order valence-corrected chi connectivity index (χ0v) is 10.4. The third kappa shape index (κ3) is 2.46. The molecule has 0 spiro atoms. The minimum atomic E-state index is -0.470. The molecule has 1 aliphatic rings. The Balaban J connectivity index is 1.80. The van der Waals surface area contributed by atoms with Crippen LogP contribution in [0.4, 0.5) is 0 Å². The van der Waals surface area contributed by atoms with Crippen molar-refractivity contribution in [2.75, 3.05) is 0 Å². The monoisotopic (exact) mass is 218 g/mol. The molecular weight excluding hydrogens is 196 g/mol. The van der Waals surface area contributed by atoms with Gasteiger partial charge in [0.2, 0.25) is 0 Å². The van der Waals surface area contributed by atoms with E-state index in [0.29, 0.717) is 0 Å². The molecule has 1 atom stereocenters. The van der Waals surface area contributed by atoms with Crippen LogP contribution < -0.4 is 0 Å². The molecule has 1 aliphatic carbocycles. The SMILES string of the molecule is CC(O)(CCCc1ccccc1)C1(C)CC1. The first-order valence-electron chi connectivity index (χ1n) is 6.30. The lowest BCUT2D eigenvalue weighted by atomic mass is 9.83. The largest absolute Gasteiger partial charge is 0.390 e. The Morgan fingerprint density at radius 1 is 1.25 bits per heavy atom. The van der Waals surface area contributed by atoms with E-state index in [9.17, 15) is 5.11 Å². The summed E-state index contributed by atoms with van der Waals surface area (Å²) < 4.78 is 0. The van der Waals surface area contributed by atoms with Crippen molar-refractivity contribution in [3.63, 3.8) is 0 Å². The van der Waals surface area contributed by atoms with E-state index >= 15 is 0 Å². The van der Waals surface area contributed by atoms with Crippen molar-refractivity contribution in [2.24, 2.45) is 5.41 Å². The van der Waals surface area contributed by atoms with Crippen LogP contribution in [-0.4, -0.2) is 10.7 Å². The summed E-state index contributed by atoms with van der Waals surface area (Å²) in [6.07, 6.45) is 5.44. The van der Waals surface area contributed by atoms with Crippen LogP contribution in [0.3, 0.4) is 0 Å². The van der Waals surface area contributed by atoms with Crippen LogP contribution >= 0.6 is 0 Å². The van der Waals surface area contributed by atoms with Crippen LogP contribution in [0, 0.1) is 5.41 Å². The van der Waals surface area contributed by atoms with E-state index in [1.807, 2.05) is 13.0 Å². The smallest absolute Gasteiger partial charge is 0.0673 e. The highest BCUT2D eigenvalue weighted by molar-refractivity contribution is 5.14. The van der Waals surface area contributed by atoms with Gasteiger partial charge in [-0.05, 0) is 50.0 Å². The molecule has 1 fully saturated rings. The van der Waals surface area contributed by atoms with E-state index in [0.717, 1.165) is 19.3 Å². The first-order valence-corrected chi connectivity index (χ1v) is 6.30. The molecule has 0 amide bonds. The number of hydrogen-bond acceptors (Lipinski definition) is 1. The molecule has 88 valence electrons. The Bertz CT molecular complexity index is 336. The lowest BCUT2D eigenvalue weighted by Crippen LogP contribution is -2.34. The van der Waals surface area contributed by atoms with E-state index in [1.54, 1.807) is 0 Å². The van der Waals surface area contributed by atoms with E-state index in [1.165, 1.54) is 18.4 Å². The molecule has 1 aromatic carbocycles. The second-order valence-electron chi connectivity index (χ2n) is 5.67. The number of aliphatic hydroxyl groups is 1. The summed E-state index contributed by atoms with van der Waals surface area (Å²) >= 11 is 0. The number of benzene rings is 1. The molecular formula is C15H22O. The maximum Gasteiger partial charge on any atom is 0.0673 e. The fourth-order valence-electron chi connectivity index (χ4n) is 2.31. The Morgan fingerprint density at radius 2 is 1.88 bits per heavy atom. The predicted molar refractivity (Wildman–Crippen MR) is 67.3 cm³/mol. The number of hydrogen-bond donors (Lipinski definition) is 1. The van der Waals surface area contributed by atoms with Gasteiger partial charge in [-0.2, -0.15) is 0 Å². The fourth-order valence-corrected chi connectivity index (χ4v) is 2.31. The lowest BCUT2D eigenvalue weighted by molar-refractivity contribution is -0.0167. The van der Waals surface area contributed by atoms with E-state index in [-0.39, 0.29) is 5.41 Å². The molecule has 1 N–H and O–H groups in total. The molecule has 1 saturated carbocycles. The van der Waals surface area contributed by atoms with E-state index in [4.69, 9.17) is 0 Å². The molecule has 1 nitrogen and oxygen atoms in total. The standard InChI is InChI=1S/C15H22O/c1-14(11-12-14)15(2,16)10-6-9-13-7-4-3-5-8-13/h3-5,7-8,16H,6,9-12H2,1-2H3. The van der Waals surface area contributed by atoms with Crippen LogP contribution in [0.25, 0.3) is 0 Å². The Hall–Kier alpha value is -0.820.